The highest BCUT2D eigenvalue weighted by atomic mass is 16.1. The maximum atomic E-state index is 11.1. The topological polar surface area (TPSA) is 29.1 Å². The van der Waals surface area contributed by atoms with Gasteiger partial charge in [-0.3, -0.25) is 5.32 Å². The van der Waals surface area contributed by atoms with Gasteiger partial charge in [0.25, 0.3) is 0 Å². The SMILES string of the molecule is Cc1ccc(C(NCC=O)(c2ccccc2)c2ccccc2)cc1. The van der Waals surface area contributed by atoms with Crippen LogP contribution in [0, 0.1) is 6.92 Å². The van der Waals surface area contributed by atoms with Crippen LogP contribution in [0.1, 0.15) is 22.3 Å². The molecule has 0 saturated heterocycles. The fourth-order valence-electron chi connectivity index (χ4n) is 3.18. The van der Waals surface area contributed by atoms with E-state index in [4.69, 9.17) is 0 Å². The second-order valence-corrected chi connectivity index (χ2v) is 5.90. The number of carbonyl (C=O) groups excluding carboxylic acids is 1. The Morgan fingerprint density at radius 1 is 0.750 bits per heavy atom. The molecule has 24 heavy (non-hydrogen) atoms. The zero-order valence-electron chi connectivity index (χ0n) is 13.8. The first kappa shape index (κ1) is 16.2. The predicted molar refractivity (Wildman–Crippen MR) is 98.0 cm³/mol. The molecule has 3 aromatic rings. The molecule has 2 nitrogen and oxygen atoms in total. The standard InChI is InChI=1S/C22H21NO/c1-18-12-14-21(15-13-18)22(23-16-17-24,19-8-4-2-5-9-19)20-10-6-3-7-11-20/h2-15,17,23H,16H2,1H3. The quantitative estimate of drug-likeness (QED) is 0.549. The Balaban J connectivity index is 2.28. The van der Waals surface area contributed by atoms with Crippen LogP contribution in [0.25, 0.3) is 0 Å². The summed E-state index contributed by atoms with van der Waals surface area (Å²) in [5.41, 5.74) is 4.00. The molecular weight excluding hydrogens is 294 g/mol. The molecule has 0 aromatic heterocycles. The molecule has 0 radical (unpaired) electrons. The van der Waals surface area contributed by atoms with Crippen molar-refractivity contribution in [3.63, 3.8) is 0 Å². The molecule has 0 atom stereocenters. The summed E-state index contributed by atoms with van der Waals surface area (Å²) in [6, 6.07) is 29.0. The maximum Gasteiger partial charge on any atom is 0.133 e. The summed E-state index contributed by atoms with van der Waals surface area (Å²) in [6.45, 7) is 2.35. The van der Waals surface area contributed by atoms with Crippen molar-refractivity contribution in [1.29, 1.82) is 0 Å². The molecule has 0 spiro atoms. The largest absolute Gasteiger partial charge is 0.302 e. The summed E-state index contributed by atoms with van der Waals surface area (Å²) in [5, 5.41) is 3.48. The van der Waals surface area contributed by atoms with E-state index in [9.17, 15) is 4.79 Å². The van der Waals surface area contributed by atoms with Crippen LogP contribution in [-0.2, 0) is 10.3 Å². The Labute approximate surface area is 143 Å². The summed E-state index contributed by atoms with van der Waals surface area (Å²) >= 11 is 0. The highest BCUT2D eigenvalue weighted by molar-refractivity contribution is 5.56. The van der Waals surface area contributed by atoms with Crippen molar-refractivity contribution in [2.24, 2.45) is 0 Å². The van der Waals surface area contributed by atoms with Gasteiger partial charge in [-0.05, 0) is 23.6 Å². The Kier molecular flexibility index (Phi) is 4.88. The first-order chi connectivity index (χ1) is 11.8. The molecule has 0 aliphatic rings. The third kappa shape index (κ3) is 3.01. The van der Waals surface area contributed by atoms with Crippen LogP contribution < -0.4 is 5.32 Å². The van der Waals surface area contributed by atoms with E-state index in [1.165, 1.54) is 5.56 Å². The van der Waals surface area contributed by atoms with E-state index in [0.717, 1.165) is 23.0 Å². The van der Waals surface area contributed by atoms with E-state index < -0.39 is 5.54 Å². The highest BCUT2D eigenvalue weighted by Crippen LogP contribution is 2.36. The van der Waals surface area contributed by atoms with E-state index in [1.54, 1.807) is 0 Å². The van der Waals surface area contributed by atoms with E-state index >= 15 is 0 Å². The average molecular weight is 315 g/mol. The minimum Gasteiger partial charge on any atom is -0.302 e. The van der Waals surface area contributed by atoms with E-state index in [-0.39, 0.29) is 6.54 Å². The molecule has 0 heterocycles. The number of benzene rings is 3. The van der Waals surface area contributed by atoms with Crippen LogP contribution >= 0.6 is 0 Å². The van der Waals surface area contributed by atoms with Crippen molar-refractivity contribution in [2.75, 3.05) is 6.54 Å². The van der Waals surface area contributed by atoms with Gasteiger partial charge < -0.3 is 4.79 Å². The zero-order chi connectivity index (χ0) is 16.8. The average Bonchev–Trinajstić information content (AvgIpc) is 2.65. The van der Waals surface area contributed by atoms with E-state index in [2.05, 4.69) is 60.8 Å². The molecule has 120 valence electrons. The summed E-state index contributed by atoms with van der Waals surface area (Å²) in [5.74, 6) is 0. The smallest absolute Gasteiger partial charge is 0.133 e. The lowest BCUT2D eigenvalue weighted by atomic mass is 9.77. The summed E-state index contributed by atoms with van der Waals surface area (Å²) in [7, 11) is 0. The molecule has 0 amide bonds. The van der Waals surface area contributed by atoms with Crippen molar-refractivity contribution in [3.8, 4) is 0 Å². The monoisotopic (exact) mass is 315 g/mol. The van der Waals surface area contributed by atoms with Crippen LogP contribution in [-0.4, -0.2) is 12.8 Å². The third-order valence-corrected chi connectivity index (χ3v) is 4.35. The van der Waals surface area contributed by atoms with Crippen molar-refractivity contribution < 1.29 is 4.79 Å². The minimum absolute atomic E-state index is 0.275. The minimum atomic E-state index is -0.558. The Hall–Kier alpha value is -2.71. The molecule has 1 N–H and O–H groups in total. The third-order valence-electron chi connectivity index (χ3n) is 4.35. The van der Waals surface area contributed by atoms with Gasteiger partial charge in [-0.15, -0.1) is 0 Å². The fraction of sp³-hybridized carbons (Fsp3) is 0.136. The van der Waals surface area contributed by atoms with E-state index in [1.807, 2.05) is 36.4 Å². The van der Waals surface area contributed by atoms with Gasteiger partial charge >= 0.3 is 0 Å². The molecule has 0 aliphatic heterocycles. The molecule has 3 rings (SSSR count). The molecule has 0 aliphatic carbocycles. The van der Waals surface area contributed by atoms with Gasteiger partial charge in [0.2, 0.25) is 0 Å². The maximum absolute atomic E-state index is 11.1. The number of hydrogen-bond donors (Lipinski definition) is 1. The second kappa shape index (κ2) is 7.24. The van der Waals surface area contributed by atoms with Crippen LogP contribution in [0.2, 0.25) is 0 Å². The van der Waals surface area contributed by atoms with Gasteiger partial charge in [-0.1, -0.05) is 90.5 Å². The molecule has 0 bridgehead atoms. The van der Waals surface area contributed by atoms with Gasteiger partial charge in [0, 0.05) is 0 Å². The Morgan fingerprint density at radius 3 is 1.67 bits per heavy atom. The lowest BCUT2D eigenvalue weighted by molar-refractivity contribution is -0.107. The number of rotatable bonds is 6. The molecule has 0 fully saturated rings. The van der Waals surface area contributed by atoms with Crippen molar-refractivity contribution in [1.82, 2.24) is 5.32 Å². The summed E-state index contributed by atoms with van der Waals surface area (Å²) < 4.78 is 0. The van der Waals surface area contributed by atoms with Crippen molar-refractivity contribution in [2.45, 2.75) is 12.5 Å². The van der Waals surface area contributed by atoms with Crippen LogP contribution in [0.4, 0.5) is 0 Å². The first-order valence-corrected chi connectivity index (χ1v) is 8.14. The lowest BCUT2D eigenvalue weighted by Gasteiger charge is -2.36. The Morgan fingerprint density at radius 2 is 1.21 bits per heavy atom. The van der Waals surface area contributed by atoms with Gasteiger partial charge in [0.15, 0.2) is 0 Å². The zero-order valence-corrected chi connectivity index (χ0v) is 13.8. The Bertz CT molecular complexity index is 740. The number of carbonyl (C=O) groups is 1. The summed E-state index contributed by atoms with van der Waals surface area (Å²) in [6.07, 6.45) is 0.912. The molecular formula is C22H21NO. The molecule has 0 unspecified atom stereocenters. The van der Waals surface area contributed by atoms with Gasteiger partial charge in [0.05, 0.1) is 12.1 Å². The lowest BCUT2D eigenvalue weighted by Crippen LogP contribution is -2.45. The first-order valence-electron chi connectivity index (χ1n) is 8.14. The van der Waals surface area contributed by atoms with E-state index in [0.29, 0.717) is 0 Å². The molecule has 2 heteroatoms. The number of aryl methyl sites for hydroxylation is 1. The van der Waals surface area contributed by atoms with Gasteiger partial charge in [-0.25, -0.2) is 0 Å². The predicted octanol–water partition coefficient (Wildman–Crippen LogP) is 4.08. The number of hydrogen-bond acceptors (Lipinski definition) is 2. The van der Waals surface area contributed by atoms with Gasteiger partial charge in [0.1, 0.15) is 6.29 Å². The van der Waals surface area contributed by atoms with Crippen LogP contribution in [0.3, 0.4) is 0 Å². The summed E-state index contributed by atoms with van der Waals surface area (Å²) in [4.78, 5) is 11.1. The van der Waals surface area contributed by atoms with Crippen LogP contribution in [0.15, 0.2) is 84.9 Å². The molecule has 3 aromatic carbocycles. The van der Waals surface area contributed by atoms with Crippen LogP contribution in [0.5, 0.6) is 0 Å². The number of aldehydes is 1. The second-order valence-electron chi connectivity index (χ2n) is 5.90. The van der Waals surface area contributed by atoms with Crippen molar-refractivity contribution in [3.05, 3.63) is 107 Å². The fourth-order valence-corrected chi connectivity index (χ4v) is 3.18. The number of nitrogens with one attached hydrogen (secondary N) is 1. The van der Waals surface area contributed by atoms with Crippen molar-refractivity contribution >= 4 is 6.29 Å². The highest BCUT2D eigenvalue weighted by Gasteiger charge is 2.35. The van der Waals surface area contributed by atoms with Gasteiger partial charge in [-0.2, -0.15) is 0 Å². The molecule has 0 saturated carbocycles. The normalized spacial score (nSPS) is 11.2.